The van der Waals surface area contributed by atoms with Crippen LogP contribution < -0.4 is 11.2 Å². The van der Waals surface area contributed by atoms with Gasteiger partial charge in [0.15, 0.2) is 0 Å². The van der Waals surface area contributed by atoms with Crippen LogP contribution in [0.4, 0.5) is 10.1 Å². The minimum Gasteiger partial charge on any atom is -0.399 e. The van der Waals surface area contributed by atoms with Crippen molar-refractivity contribution in [2.75, 3.05) is 5.73 Å². The van der Waals surface area contributed by atoms with E-state index >= 15 is 0 Å². The zero-order valence-electron chi connectivity index (χ0n) is 15.5. The van der Waals surface area contributed by atoms with Crippen molar-refractivity contribution in [3.8, 4) is 0 Å². The molecule has 0 aliphatic heterocycles. The molecule has 1 amide bonds. The monoisotopic (exact) mass is 386 g/mol. The summed E-state index contributed by atoms with van der Waals surface area (Å²) in [5, 5.41) is 5.09. The number of nitrogen functional groups attached to an aromatic ring is 1. The molecular weight excluding hydrogens is 367 g/mol. The number of amides is 1. The maximum atomic E-state index is 13.5. The number of aromatic nitrogens is 1. The fraction of sp³-hybridized carbons (Fsp3) is 0.0435. The summed E-state index contributed by atoms with van der Waals surface area (Å²) in [7, 11) is 0. The first-order valence-electron chi connectivity index (χ1n) is 9.11. The second-order valence-electron chi connectivity index (χ2n) is 6.68. The number of hydrogen-bond acceptors (Lipinski definition) is 3. The van der Waals surface area contributed by atoms with Crippen molar-refractivity contribution >= 4 is 28.7 Å². The third kappa shape index (κ3) is 4.16. The maximum absolute atomic E-state index is 13.5. The molecule has 0 spiro atoms. The molecule has 5 nitrogen and oxygen atoms in total. The van der Waals surface area contributed by atoms with Gasteiger partial charge in [-0.25, -0.2) is 9.82 Å². The Kier molecular flexibility index (Phi) is 5.07. The summed E-state index contributed by atoms with van der Waals surface area (Å²) in [5.74, 6) is -0.573. The van der Waals surface area contributed by atoms with Gasteiger partial charge in [-0.05, 0) is 48.0 Å². The first kappa shape index (κ1) is 18.4. The molecule has 0 aliphatic rings. The van der Waals surface area contributed by atoms with Crippen molar-refractivity contribution in [2.24, 2.45) is 5.10 Å². The number of nitrogens with two attached hydrogens (primary N) is 1. The largest absolute Gasteiger partial charge is 0.399 e. The summed E-state index contributed by atoms with van der Waals surface area (Å²) < 4.78 is 15.6. The Bertz CT molecular complexity index is 1200. The molecule has 3 N–H and O–H groups in total. The van der Waals surface area contributed by atoms with Crippen molar-refractivity contribution in [1.29, 1.82) is 0 Å². The van der Waals surface area contributed by atoms with E-state index in [0.717, 1.165) is 22.0 Å². The van der Waals surface area contributed by atoms with E-state index < -0.39 is 0 Å². The smallest absolute Gasteiger partial charge is 0.271 e. The average molecular weight is 386 g/mol. The molecule has 1 aromatic heterocycles. The van der Waals surface area contributed by atoms with E-state index in [0.29, 0.717) is 17.8 Å². The second-order valence-corrected chi connectivity index (χ2v) is 6.68. The van der Waals surface area contributed by atoms with Gasteiger partial charge >= 0.3 is 0 Å². The normalized spacial score (nSPS) is 11.2. The van der Waals surface area contributed by atoms with E-state index in [1.165, 1.54) is 12.1 Å². The molecule has 0 radical (unpaired) electrons. The minimum atomic E-state index is -0.315. The molecule has 0 saturated heterocycles. The average Bonchev–Trinajstić information content (AvgIpc) is 3.06. The highest BCUT2D eigenvalue weighted by molar-refractivity contribution is 6.00. The number of halogens is 1. The van der Waals surface area contributed by atoms with Crippen molar-refractivity contribution in [1.82, 2.24) is 9.99 Å². The van der Waals surface area contributed by atoms with E-state index in [9.17, 15) is 9.18 Å². The molecule has 0 bridgehead atoms. The Hall–Kier alpha value is -3.93. The highest BCUT2D eigenvalue weighted by atomic mass is 19.1. The van der Waals surface area contributed by atoms with Gasteiger partial charge in [0.1, 0.15) is 5.82 Å². The highest BCUT2D eigenvalue weighted by Crippen LogP contribution is 2.21. The molecule has 0 atom stereocenters. The second kappa shape index (κ2) is 7.98. The number of para-hydroxylation sites is 1. The van der Waals surface area contributed by atoms with Crippen LogP contribution in [0.1, 0.15) is 21.5 Å². The number of carbonyl (C=O) groups excluding carboxylic acids is 1. The van der Waals surface area contributed by atoms with Gasteiger partial charge in [0, 0.05) is 40.5 Å². The Morgan fingerprint density at radius 3 is 2.66 bits per heavy atom. The molecular formula is C23H19FN4O. The van der Waals surface area contributed by atoms with Crippen LogP contribution >= 0.6 is 0 Å². The number of benzene rings is 3. The molecule has 0 unspecified atom stereocenters. The number of hydrazone groups is 1. The predicted octanol–water partition coefficient (Wildman–Crippen LogP) is 4.17. The number of nitrogens with zero attached hydrogens (tertiary/aromatic N) is 2. The summed E-state index contributed by atoms with van der Waals surface area (Å²) in [6.45, 7) is 0.532. The lowest BCUT2D eigenvalue weighted by Gasteiger charge is -2.05. The SMILES string of the molecule is Nc1ccc(C(=O)N/N=C\c2cn(Cc3cccc(F)c3)c3ccccc23)cc1. The summed E-state index contributed by atoms with van der Waals surface area (Å²) in [5.41, 5.74) is 12.0. The Morgan fingerprint density at radius 1 is 1.07 bits per heavy atom. The van der Waals surface area contributed by atoms with Gasteiger partial charge in [-0.1, -0.05) is 30.3 Å². The Balaban J connectivity index is 1.56. The number of rotatable bonds is 5. The van der Waals surface area contributed by atoms with E-state index in [2.05, 4.69) is 10.5 Å². The van der Waals surface area contributed by atoms with Crippen molar-refractivity contribution < 1.29 is 9.18 Å². The molecule has 3 aromatic carbocycles. The standard InChI is InChI=1S/C23H19FN4O/c24-19-5-3-4-16(12-19)14-28-15-18(21-6-1-2-7-22(21)28)13-26-27-23(29)17-8-10-20(25)11-9-17/h1-13,15H,14,25H2,(H,27,29)/b26-13-. The molecule has 29 heavy (non-hydrogen) atoms. The van der Waals surface area contributed by atoms with Crippen LogP contribution in [0.2, 0.25) is 0 Å². The fourth-order valence-electron chi connectivity index (χ4n) is 3.20. The van der Waals surface area contributed by atoms with Crippen LogP contribution in [-0.4, -0.2) is 16.7 Å². The van der Waals surface area contributed by atoms with E-state index in [-0.39, 0.29) is 11.7 Å². The zero-order valence-corrected chi connectivity index (χ0v) is 15.5. The lowest BCUT2D eigenvalue weighted by atomic mass is 10.2. The first-order chi connectivity index (χ1) is 14.1. The van der Waals surface area contributed by atoms with Crippen molar-refractivity contribution in [3.05, 3.63) is 102 Å². The number of carbonyl (C=O) groups is 1. The van der Waals surface area contributed by atoms with Crippen molar-refractivity contribution in [2.45, 2.75) is 6.54 Å². The highest BCUT2D eigenvalue weighted by Gasteiger charge is 2.08. The molecule has 0 fully saturated rings. The quantitative estimate of drug-likeness (QED) is 0.307. The zero-order chi connectivity index (χ0) is 20.2. The molecule has 4 rings (SSSR count). The van der Waals surface area contributed by atoms with Gasteiger partial charge in [0.05, 0.1) is 6.21 Å². The Morgan fingerprint density at radius 2 is 1.86 bits per heavy atom. The van der Waals surface area contributed by atoms with Gasteiger partial charge in [-0.15, -0.1) is 0 Å². The van der Waals surface area contributed by atoms with Gasteiger partial charge in [0.2, 0.25) is 0 Å². The number of fused-ring (bicyclic) bond motifs is 1. The van der Waals surface area contributed by atoms with Crippen LogP contribution in [0.15, 0.2) is 84.1 Å². The van der Waals surface area contributed by atoms with E-state index in [1.807, 2.05) is 41.1 Å². The predicted molar refractivity (Wildman–Crippen MR) is 113 cm³/mol. The minimum absolute atomic E-state index is 0.258. The summed E-state index contributed by atoms with van der Waals surface area (Å²) in [6, 6.07) is 21.0. The summed E-state index contributed by atoms with van der Waals surface area (Å²) in [6.07, 6.45) is 3.55. The summed E-state index contributed by atoms with van der Waals surface area (Å²) in [4.78, 5) is 12.2. The lowest BCUT2D eigenvalue weighted by Crippen LogP contribution is -2.17. The molecule has 4 aromatic rings. The fourth-order valence-corrected chi connectivity index (χ4v) is 3.20. The molecule has 6 heteroatoms. The van der Waals surface area contributed by atoms with E-state index in [1.54, 1.807) is 36.5 Å². The van der Waals surface area contributed by atoms with Gasteiger partial charge in [-0.2, -0.15) is 5.10 Å². The van der Waals surface area contributed by atoms with Crippen LogP contribution in [0.25, 0.3) is 10.9 Å². The van der Waals surface area contributed by atoms with Gasteiger partial charge in [-0.3, -0.25) is 4.79 Å². The third-order valence-corrected chi connectivity index (χ3v) is 4.60. The van der Waals surface area contributed by atoms with Crippen LogP contribution in [-0.2, 0) is 6.54 Å². The van der Waals surface area contributed by atoms with Crippen LogP contribution in [0, 0.1) is 5.82 Å². The molecule has 0 saturated carbocycles. The number of hydrogen-bond donors (Lipinski definition) is 2. The maximum Gasteiger partial charge on any atom is 0.271 e. The molecule has 0 aliphatic carbocycles. The lowest BCUT2D eigenvalue weighted by molar-refractivity contribution is 0.0955. The first-order valence-corrected chi connectivity index (χ1v) is 9.11. The number of anilines is 1. The van der Waals surface area contributed by atoms with Crippen LogP contribution in [0.3, 0.4) is 0 Å². The van der Waals surface area contributed by atoms with Crippen molar-refractivity contribution in [3.63, 3.8) is 0 Å². The number of nitrogens with one attached hydrogen (secondary N) is 1. The molecule has 144 valence electrons. The Labute approximate surface area is 167 Å². The molecule has 1 heterocycles. The van der Waals surface area contributed by atoms with Gasteiger partial charge in [0.25, 0.3) is 5.91 Å². The third-order valence-electron chi connectivity index (χ3n) is 4.60. The van der Waals surface area contributed by atoms with Crippen LogP contribution in [0.5, 0.6) is 0 Å². The topological polar surface area (TPSA) is 72.4 Å². The van der Waals surface area contributed by atoms with Gasteiger partial charge < -0.3 is 10.3 Å². The summed E-state index contributed by atoms with van der Waals surface area (Å²) >= 11 is 0. The van der Waals surface area contributed by atoms with E-state index in [4.69, 9.17) is 5.73 Å².